The van der Waals surface area contributed by atoms with Gasteiger partial charge in [0.15, 0.2) is 0 Å². The minimum atomic E-state index is -0.423. The number of amides is 2. The van der Waals surface area contributed by atoms with Gasteiger partial charge in [0.2, 0.25) is 0 Å². The van der Waals surface area contributed by atoms with Crippen LogP contribution in [0.15, 0.2) is 23.3 Å². The predicted molar refractivity (Wildman–Crippen MR) is 91.7 cm³/mol. The average molecular weight is 345 g/mol. The maximum absolute atomic E-state index is 12.3. The van der Waals surface area contributed by atoms with E-state index in [1.165, 1.54) is 13.4 Å². The molecule has 1 atom stereocenters. The highest BCUT2D eigenvalue weighted by Gasteiger charge is 2.16. The van der Waals surface area contributed by atoms with Crippen LogP contribution in [0, 0.1) is 0 Å². The number of methoxy groups -OCH3 is 1. The van der Waals surface area contributed by atoms with E-state index in [9.17, 15) is 9.59 Å². The molecule has 2 heterocycles. The molecule has 2 amide bonds. The molecule has 0 aliphatic carbocycles. The van der Waals surface area contributed by atoms with Crippen molar-refractivity contribution in [1.82, 2.24) is 30.0 Å². The quantitative estimate of drug-likeness (QED) is 0.555. The number of benzene rings is 1. The summed E-state index contributed by atoms with van der Waals surface area (Å²) in [6.45, 7) is 4.43. The van der Waals surface area contributed by atoms with Gasteiger partial charge in [-0.2, -0.15) is 5.10 Å². The van der Waals surface area contributed by atoms with Crippen LogP contribution in [0.5, 0.6) is 5.75 Å². The standard InChI is InChI=1S/C15H19N7O3/c1-4-22-13(16-7-17-22)8(2)18-14(23)21-11-5-9-10(6-12(11)25-3)20-15(24)19-9/h5-8H,4H2,1-3H3,(H2,18,21,23)(H2,19,20,24)/t8-/m0/s1. The first-order chi connectivity index (χ1) is 12.0. The number of carbonyl (C=O) groups is 1. The lowest BCUT2D eigenvalue weighted by atomic mass is 10.2. The van der Waals surface area contributed by atoms with Crippen molar-refractivity contribution in [3.63, 3.8) is 0 Å². The van der Waals surface area contributed by atoms with Crippen LogP contribution in [-0.2, 0) is 6.54 Å². The number of imidazole rings is 1. The van der Waals surface area contributed by atoms with Crippen molar-refractivity contribution in [2.24, 2.45) is 0 Å². The van der Waals surface area contributed by atoms with Gasteiger partial charge in [-0.25, -0.2) is 19.3 Å². The van der Waals surface area contributed by atoms with E-state index < -0.39 is 6.03 Å². The molecule has 1 aromatic carbocycles. The van der Waals surface area contributed by atoms with E-state index in [1.54, 1.807) is 16.8 Å². The highest BCUT2D eigenvalue weighted by atomic mass is 16.5. The summed E-state index contributed by atoms with van der Waals surface area (Å²) in [6, 6.07) is 2.52. The molecule has 2 aromatic heterocycles. The van der Waals surface area contributed by atoms with Crippen molar-refractivity contribution >= 4 is 22.8 Å². The van der Waals surface area contributed by atoms with Crippen LogP contribution in [0.25, 0.3) is 11.0 Å². The van der Waals surface area contributed by atoms with Crippen LogP contribution in [0.2, 0.25) is 0 Å². The molecular weight excluding hydrogens is 326 g/mol. The first-order valence-electron chi connectivity index (χ1n) is 7.77. The molecule has 132 valence electrons. The zero-order chi connectivity index (χ0) is 18.0. The number of aromatic amines is 2. The molecule has 0 aliphatic rings. The molecule has 0 unspecified atom stereocenters. The zero-order valence-corrected chi connectivity index (χ0v) is 14.1. The van der Waals surface area contributed by atoms with Crippen LogP contribution in [0.4, 0.5) is 10.5 Å². The summed E-state index contributed by atoms with van der Waals surface area (Å²) in [5, 5.41) is 9.61. The Hall–Kier alpha value is -3.30. The summed E-state index contributed by atoms with van der Waals surface area (Å²) >= 11 is 0. The van der Waals surface area contributed by atoms with Gasteiger partial charge >= 0.3 is 11.7 Å². The third-order valence-corrected chi connectivity index (χ3v) is 3.76. The van der Waals surface area contributed by atoms with Crippen LogP contribution >= 0.6 is 0 Å². The lowest BCUT2D eigenvalue weighted by Gasteiger charge is -2.16. The Balaban J connectivity index is 1.78. The van der Waals surface area contributed by atoms with Crippen molar-refractivity contribution in [2.75, 3.05) is 12.4 Å². The number of nitrogens with one attached hydrogen (secondary N) is 4. The summed E-state index contributed by atoms with van der Waals surface area (Å²) in [5.74, 6) is 1.09. The summed E-state index contributed by atoms with van der Waals surface area (Å²) in [5.41, 5.74) is 1.27. The summed E-state index contributed by atoms with van der Waals surface area (Å²) in [4.78, 5) is 33.2. The number of carbonyl (C=O) groups excluding carboxylic acids is 1. The lowest BCUT2D eigenvalue weighted by Crippen LogP contribution is -2.32. The maximum Gasteiger partial charge on any atom is 0.323 e. The molecule has 0 fully saturated rings. The van der Waals surface area contributed by atoms with Crippen LogP contribution in [0.3, 0.4) is 0 Å². The molecule has 0 spiro atoms. The summed E-state index contributed by atoms with van der Waals surface area (Å²) in [6.07, 6.45) is 1.45. The van der Waals surface area contributed by atoms with Gasteiger partial charge in [0.05, 0.1) is 29.9 Å². The van der Waals surface area contributed by atoms with Crippen molar-refractivity contribution in [2.45, 2.75) is 26.4 Å². The van der Waals surface area contributed by atoms with Gasteiger partial charge in [0.25, 0.3) is 0 Å². The number of fused-ring (bicyclic) bond motifs is 1. The summed E-state index contributed by atoms with van der Waals surface area (Å²) in [7, 11) is 1.49. The Labute approximate surface area is 142 Å². The predicted octanol–water partition coefficient (Wildman–Crippen LogP) is 1.36. The first kappa shape index (κ1) is 16.6. The molecule has 3 rings (SSSR count). The Bertz CT molecular complexity index is 956. The second-order valence-electron chi connectivity index (χ2n) is 5.43. The third-order valence-electron chi connectivity index (χ3n) is 3.76. The number of ether oxygens (including phenoxy) is 1. The fraction of sp³-hybridized carbons (Fsp3) is 0.333. The molecule has 0 radical (unpaired) electrons. The third kappa shape index (κ3) is 3.32. The maximum atomic E-state index is 12.3. The SMILES string of the molecule is CCn1ncnc1[C@H](C)NC(=O)Nc1cc2[nH]c(=O)[nH]c2cc1OC. The molecule has 0 bridgehead atoms. The van der Waals surface area contributed by atoms with Gasteiger partial charge in [0.1, 0.15) is 17.9 Å². The zero-order valence-electron chi connectivity index (χ0n) is 14.1. The van der Waals surface area contributed by atoms with Gasteiger partial charge in [0, 0.05) is 12.6 Å². The number of hydrogen-bond acceptors (Lipinski definition) is 5. The van der Waals surface area contributed by atoms with E-state index in [4.69, 9.17) is 4.74 Å². The Morgan fingerprint density at radius 3 is 2.76 bits per heavy atom. The molecule has 25 heavy (non-hydrogen) atoms. The number of aromatic nitrogens is 5. The van der Waals surface area contributed by atoms with E-state index in [2.05, 4.69) is 30.7 Å². The number of anilines is 1. The molecule has 10 nitrogen and oxygen atoms in total. The fourth-order valence-corrected chi connectivity index (χ4v) is 2.60. The van der Waals surface area contributed by atoms with Gasteiger partial charge in [-0.15, -0.1) is 0 Å². The smallest absolute Gasteiger partial charge is 0.323 e. The number of urea groups is 1. The second-order valence-corrected chi connectivity index (χ2v) is 5.43. The average Bonchev–Trinajstić information content (AvgIpc) is 3.18. The van der Waals surface area contributed by atoms with Crippen molar-refractivity contribution < 1.29 is 9.53 Å². The van der Waals surface area contributed by atoms with Gasteiger partial charge in [-0.05, 0) is 19.9 Å². The van der Waals surface area contributed by atoms with Crippen LogP contribution in [-0.4, -0.2) is 37.9 Å². The molecule has 3 aromatic rings. The molecule has 4 N–H and O–H groups in total. The van der Waals surface area contributed by atoms with Crippen molar-refractivity contribution in [3.05, 3.63) is 34.8 Å². The van der Waals surface area contributed by atoms with Gasteiger partial charge in [-0.1, -0.05) is 0 Å². The normalized spacial score (nSPS) is 12.1. The Kier molecular flexibility index (Phi) is 4.42. The Morgan fingerprint density at radius 2 is 2.08 bits per heavy atom. The second kappa shape index (κ2) is 6.67. The van der Waals surface area contributed by atoms with Gasteiger partial charge < -0.3 is 25.3 Å². The molecule has 10 heteroatoms. The minimum absolute atomic E-state index is 0.328. The van der Waals surface area contributed by atoms with Gasteiger partial charge in [-0.3, -0.25) is 0 Å². The number of hydrogen-bond donors (Lipinski definition) is 4. The number of rotatable bonds is 5. The van der Waals surface area contributed by atoms with E-state index in [1.807, 2.05) is 13.8 Å². The van der Waals surface area contributed by atoms with E-state index in [0.29, 0.717) is 34.8 Å². The number of H-pyrrole nitrogens is 2. The van der Waals surface area contributed by atoms with Crippen molar-refractivity contribution in [1.29, 1.82) is 0 Å². The topological polar surface area (TPSA) is 130 Å². The van der Waals surface area contributed by atoms with E-state index in [0.717, 1.165) is 0 Å². The molecular formula is C15H19N7O3. The van der Waals surface area contributed by atoms with Crippen LogP contribution in [0.1, 0.15) is 25.7 Å². The highest BCUT2D eigenvalue weighted by Crippen LogP contribution is 2.28. The van der Waals surface area contributed by atoms with Crippen LogP contribution < -0.4 is 21.1 Å². The highest BCUT2D eigenvalue weighted by molar-refractivity contribution is 5.94. The number of aryl methyl sites for hydroxylation is 1. The lowest BCUT2D eigenvalue weighted by molar-refractivity contribution is 0.248. The molecule has 0 aliphatic heterocycles. The minimum Gasteiger partial charge on any atom is -0.494 e. The molecule has 0 saturated heterocycles. The summed E-state index contributed by atoms with van der Waals surface area (Å²) < 4.78 is 6.98. The fourth-order valence-electron chi connectivity index (χ4n) is 2.60. The van der Waals surface area contributed by atoms with Crippen molar-refractivity contribution in [3.8, 4) is 5.75 Å². The number of nitrogens with zero attached hydrogens (tertiary/aromatic N) is 3. The largest absolute Gasteiger partial charge is 0.494 e. The monoisotopic (exact) mass is 345 g/mol. The Morgan fingerprint density at radius 1 is 1.36 bits per heavy atom. The van der Waals surface area contributed by atoms with E-state index in [-0.39, 0.29) is 11.7 Å². The van der Waals surface area contributed by atoms with E-state index >= 15 is 0 Å². The first-order valence-corrected chi connectivity index (χ1v) is 7.77. The molecule has 0 saturated carbocycles.